The largest absolute Gasteiger partial charge is 0.397 e. The molecule has 4 nitrogen and oxygen atoms in total. The quantitative estimate of drug-likeness (QED) is 0.715. The van der Waals surface area contributed by atoms with Gasteiger partial charge in [0, 0.05) is 17.5 Å². The minimum absolute atomic E-state index is 0.0361. The van der Waals surface area contributed by atoms with Gasteiger partial charge in [-0.25, -0.2) is 0 Å². The predicted octanol–water partition coefficient (Wildman–Crippen LogP) is 1.93. The lowest BCUT2D eigenvalue weighted by molar-refractivity contribution is -0.115. The Hall–Kier alpha value is -1.36. The second-order valence-electron chi connectivity index (χ2n) is 4.25. The van der Waals surface area contributed by atoms with Crippen molar-refractivity contribution >= 4 is 34.7 Å². The highest BCUT2D eigenvalue weighted by atomic mass is 32.2. The van der Waals surface area contributed by atoms with E-state index in [1.165, 1.54) is 0 Å². The molecule has 1 amide bonds. The molecule has 2 rings (SSSR count). The molecule has 0 aromatic heterocycles. The fraction of sp³-hybridized carbons (Fsp3) is 0.417. The molecule has 92 valence electrons. The topological polar surface area (TPSA) is 67.1 Å². The molecule has 1 heterocycles. The SMILES string of the molecule is CSC(C)CNc1cc2c(cc1N)CC(=O)N2. The second kappa shape index (κ2) is 4.87. The lowest BCUT2D eigenvalue weighted by Crippen LogP contribution is -2.13. The van der Waals surface area contributed by atoms with E-state index in [-0.39, 0.29) is 5.91 Å². The van der Waals surface area contributed by atoms with Crippen molar-refractivity contribution in [3.8, 4) is 0 Å². The van der Waals surface area contributed by atoms with Crippen molar-refractivity contribution in [2.24, 2.45) is 0 Å². The van der Waals surface area contributed by atoms with Gasteiger partial charge in [0.25, 0.3) is 0 Å². The smallest absolute Gasteiger partial charge is 0.228 e. The first kappa shape index (κ1) is 12.1. The Balaban J connectivity index is 2.14. The van der Waals surface area contributed by atoms with Crippen molar-refractivity contribution < 1.29 is 4.79 Å². The zero-order valence-electron chi connectivity index (χ0n) is 10.0. The molecule has 0 bridgehead atoms. The summed E-state index contributed by atoms with van der Waals surface area (Å²) in [5, 5.41) is 6.66. The maximum absolute atomic E-state index is 11.3. The third-order valence-corrected chi connectivity index (χ3v) is 3.85. The van der Waals surface area contributed by atoms with Gasteiger partial charge in [0.2, 0.25) is 5.91 Å². The summed E-state index contributed by atoms with van der Waals surface area (Å²) in [7, 11) is 0. The van der Waals surface area contributed by atoms with Crippen molar-refractivity contribution in [2.75, 3.05) is 29.2 Å². The summed E-state index contributed by atoms with van der Waals surface area (Å²) in [6, 6.07) is 3.79. The van der Waals surface area contributed by atoms with Crippen LogP contribution in [0.2, 0.25) is 0 Å². The predicted molar refractivity (Wildman–Crippen MR) is 74.7 cm³/mol. The summed E-state index contributed by atoms with van der Waals surface area (Å²) in [4.78, 5) is 11.3. The highest BCUT2D eigenvalue weighted by molar-refractivity contribution is 7.99. The first-order valence-corrected chi connectivity index (χ1v) is 6.88. The lowest BCUT2D eigenvalue weighted by atomic mass is 10.1. The fourth-order valence-corrected chi connectivity index (χ4v) is 2.03. The average molecular weight is 251 g/mol. The summed E-state index contributed by atoms with van der Waals surface area (Å²) < 4.78 is 0. The number of thioether (sulfide) groups is 1. The molecular formula is C12H17N3OS. The molecule has 1 atom stereocenters. The van der Waals surface area contributed by atoms with Crippen molar-refractivity contribution in [1.82, 2.24) is 0 Å². The number of nitrogens with two attached hydrogens (primary N) is 1. The van der Waals surface area contributed by atoms with Crippen LogP contribution in [0.15, 0.2) is 12.1 Å². The third kappa shape index (κ3) is 2.66. The Morgan fingerprint density at radius 3 is 3.06 bits per heavy atom. The van der Waals surface area contributed by atoms with Crippen LogP contribution in [0, 0.1) is 0 Å². The molecule has 0 saturated heterocycles. The van der Waals surface area contributed by atoms with E-state index in [0.29, 0.717) is 17.4 Å². The summed E-state index contributed by atoms with van der Waals surface area (Å²) in [6.07, 6.45) is 2.51. The Labute approximate surface area is 105 Å². The van der Waals surface area contributed by atoms with Crippen LogP contribution in [0.4, 0.5) is 17.1 Å². The second-order valence-corrected chi connectivity index (χ2v) is 5.52. The standard InChI is InChI=1S/C12H17N3OS/c1-7(17-2)6-14-11-5-10-8(3-9(11)13)4-12(16)15-10/h3,5,7,14H,4,6,13H2,1-2H3,(H,15,16). The van der Waals surface area contributed by atoms with Gasteiger partial charge in [0.1, 0.15) is 0 Å². The summed E-state index contributed by atoms with van der Waals surface area (Å²) in [6.45, 7) is 3.01. The molecule has 1 aromatic rings. The lowest BCUT2D eigenvalue weighted by Gasteiger charge is -2.14. The Kier molecular flexibility index (Phi) is 3.47. The van der Waals surface area contributed by atoms with E-state index >= 15 is 0 Å². The van der Waals surface area contributed by atoms with Crippen LogP contribution in [-0.2, 0) is 11.2 Å². The number of hydrogen-bond acceptors (Lipinski definition) is 4. The molecule has 1 aliphatic heterocycles. The van der Waals surface area contributed by atoms with Crippen LogP contribution < -0.4 is 16.4 Å². The maximum atomic E-state index is 11.3. The van der Waals surface area contributed by atoms with Crippen molar-refractivity contribution in [3.05, 3.63) is 17.7 Å². The third-order valence-electron chi connectivity index (χ3n) is 2.88. The highest BCUT2D eigenvalue weighted by Gasteiger charge is 2.19. The Morgan fingerprint density at radius 2 is 2.35 bits per heavy atom. The number of amides is 1. The zero-order valence-corrected chi connectivity index (χ0v) is 10.9. The number of hydrogen-bond donors (Lipinski definition) is 3. The molecule has 1 aromatic carbocycles. The number of carbonyl (C=O) groups excluding carboxylic acids is 1. The minimum atomic E-state index is 0.0361. The summed E-state index contributed by atoms with van der Waals surface area (Å²) >= 11 is 1.80. The van der Waals surface area contributed by atoms with Gasteiger partial charge in [-0.05, 0) is 24.0 Å². The maximum Gasteiger partial charge on any atom is 0.228 e. The van der Waals surface area contributed by atoms with Gasteiger partial charge in [-0.1, -0.05) is 6.92 Å². The van der Waals surface area contributed by atoms with Crippen LogP contribution in [-0.4, -0.2) is 24.0 Å². The molecule has 5 heteroatoms. The molecule has 0 saturated carbocycles. The molecule has 0 fully saturated rings. The zero-order chi connectivity index (χ0) is 12.4. The van der Waals surface area contributed by atoms with Gasteiger partial charge < -0.3 is 16.4 Å². The van der Waals surface area contributed by atoms with Crippen molar-refractivity contribution in [3.63, 3.8) is 0 Å². The first-order chi connectivity index (χ1) is 8.10. The number of fused-ring (bicyclic) bond motifs is 1. The van der Waals surface area contributed by atoms with Crippen molar-refractivity contribution in [1.29, 1.82) is 0 Å². The van der Waals surface area contributed by atoms with Gasteiger partial charge in [0.15, 0.2) is 0 Å². The van der Waals surface area contributed by atoms with E-state index in [1.54, 1.807) is 11.8 Å². The summed E-state index contributed by atoms with van der Waals surface area (Å²) in [5.41, 5.74) is 9.42. The molecule has 0 aliphatic carbocycles. The molecule has 1 aliphatic rings. The molecule has 4 N–H and O–H groups in total. The van der Waals surface area contributed by atoms with E-state index in [0.717, 1.165) is 23.5 Å². The number of anilines is 3. The minimum Gasteiger partial charge on any atom is -0.397 e. The van der Waals surface area contributed by atoms with Crippen LogP contribution in [0.1, 0.15) is 12.5 Å². The van der Waals surface area contributed by atoms with Gasteiger partial charge in [-0.2, -0.15) is 11.8 Å². The van der Waals surface area contributed by atoms with Gasteiger partial charge in [-0.15, -0.1) is 0 Å². The fourth-order valence-electron chi connectivity index (χ4n) is 1.78. The Bertz CT molecular complexity index is 448. The molecule has 1 unspecified atom stereocenters. The number of rotatable bonds is 4. The molecule has 17 heavy (non-hydrogen) atoms. The molecular weight excluding hydrogens is 234 g/mol. The van der Waals surface area contributed by atoms with E-state index in [9.17, 15) is 4.79 Å². The number of benzene rings is 1. The van der Waals surface area contributed by atoms with Gasteiger partial charge in [-0.3, -0.25) is 4.79 Å². The first-order valence-electron chi connectivity index (χ1n) is 5.59. The Morgan fingerprint density at radius 1 is 1.59 bits per heavy atom. The number of nitrogen functional groups attached to an aromatic ring is 1. The monoisotopic (exact) mass is 251 g/mol. The van der Waals surface area contributed by atoms with Crippen LogP contribution in [0.3, 0.4) is 0 Å². The number of carbonyl (C=O) groups is 1. The molecule has 0 radical (unpaired) electrons. The van der Waals surface area contributed by atoms with Gasteiger partial charge in [0.05, 0.1) is 17.8 Å². The normalized spacial score (nSPS) is 15.3. The van der Waals surface area contributed by atoms with Crippen LogP contribution >= 0.6 is 11.8 Å². The van der Waals surface area contributed by atoms with E-state index < -0.39 is 0 Å². The van der Waals surface area contributed by atoms with E-state index in [4.69, 9.17) is 5.73 Å². The van der Waals surface area contributed by atoms with Gasteiger partial charge >= 0.3 is 0 Å². The van der Waals surface area contributed by atoms with Crippen molar-refractivity contribution in [2.45, 2.75) is 18.6 Å². The van der Waals surface area contributed by atoms with Crippen LogP contribution in [0.5, 0.6) is 0 Å². The van der Waals surface area contributed by atoms with Crippen LogP contribution in [0.25, 0.3) is 0 Å². The summed E-state index contributed by atoms with van der Waals surface area (Å²) in [5.74, 6) is 0.0361. The van der Waals surface area contributed by atoms with E-state index in [1.807, 2.05) is 12.1 Å². The molecule has 0 spiro atoms. The van der Waals surface area contributed by atoms with E-state index in [2.05, 4.69) is 23.8 Å². The highest BCUT2D eigenvalue weighted by Crippen LogP contribution is 2.31. The number of nitrogens with one attached hydrogen (secondary N) is 2. The average Bonchev–Trinajstić information content (AvgIpc) is 2.64.